The molecular formula is C16H20O2. The Kier molecular flexibility index (Phi) is 4.19. The minimum atomic E-state index is -0.693. The first-order valence-corrected chi connectivity index (χ1v) is 6.64. The zero-order valence-corrected chi connectivity index (χ0v) is 10.6. The fraction of sp³-hybridized carbons (Fsp3) is 0.438. The highest BCUT2D eigenvalue weighted by Crippen LogP contribution is 2.38. The summed E-state index contributed by atoms with van der Waals surface area (Å²) in [6, 6.07) is 10.4. The van der Waals surface area contributed by atoms with Crippen molar-refractivity contribution in [1.29, 1.82) is 0 Å². The number of rotatable bonds is 5. The van der Waals surface area contributed by atoms with Crippen molar-refractivity contribution in [2.24, 2.45) is 5.41 Å². The van der Waals surface area contributed by atoms with E-state index in [2.05, 4.69) is 24.3 Å². The van der Waals surface area contributed by atoms with Crippen LogP contribution < -0.4 is 0 Å². The fourth-order valence-electron chi connectivity index (χ4n) is 2.79. The lowest BCUT2D eigenvalue weighted by Gasteiger charge is -2.33. The lowest BCUT2D eigenvalue weighted by atomic mass is 9.71. The van der Waals surface area contributed by atoms with Gasteiger partial charge in [-0.2, -0.15) is 0 Å². The smallest absolute Gasteiger partial charge is 0.303 e. The number of hydrogen-bond donors (Lipinski definition) is 1. The molecule has 0 saturated heterocycles. The summed E-state index contributed by atoms with van der Waals surface area (Å²) in [6.07, 6.45) is 9.83. The van der Waals surface area contributed by atoms with Crippen molar-refractivity contribution >= 4 is 5.97 Å². The van der Waals surface area contributed by atoms with Crippen LogP contribution in [0.4, 0.5) is 0 Å². The molecule has 1 aromatic rings. The zero-order chi connectivity index (χ0) is 12.8. The summed E-state index contributed by atoms with van der Waals surface area (Å²) in [7, 11) is 0. The molecule has 0 bridgehead atoms. The molecule has 0 radical (unpaired) electrons. The first-order chi connectivity index (χ1) is 8.70. The third-order valence-corrected chi connectivity index (χ3v) is 3.75. The van der Waals surface area contributed by atoms with Crippen molar-refractivity contribution in [3.05, 3.63) is 48.0 Å². The van der Waals surface area contributed by atoms with E-state index in [1.807, 2.05) is 18.2 Å². The van der Waals surface area contributed by atoms with Crippen molar-refractivity contribution in [1.82, 2.24) is 0 Å². The highest BCUT2D eigenvalue weighted by atomic mass is 16.4. The van der Waals surface area contributed by atoms with Crippen LogP contribution in [0.5, 0.6) is 0 Å². The number of allylic oxidation sites excluding steroid dienone is 2. The van der Waals surface area contributed by atoms with Gasteiger partial charge < -0.3 is 5.11 Å². The monoisotopic (exact) mass is 244 g/mol. The largest absolute Gasteiger partial charge is 0.481 e. The van der Waals surface area contributed by atoms with Gasteiger partial charge in [0.05, 0.1) is 0 Å². The molecule has 1 atom stereocenters. The van der Waals surface area contributed by atoms with Gasteiger partial charge in [-0.05, 0) is 43.1 Å². The molecule has 1 aromatic carbocycles. The van der Waals surface area contributed by atoms with Crippen LogP contribution in [-0.4, -0.2) is 11.1 Å². The van der Waals surface area contributed by atoms with E-state index >= 15 is 0 Å². The Labute approximate surface area is 108 Å². The molecule has 18 heavy (non-hydrogen) atoms. The zero-order valence-electron chi connectivity index (χ0n) is 10.6. The third-order valence-electron chi connectivity index (χ3n) is 3.75. The Morgan fingerprint density at radius 3 is 2.67 bits per heavy atom. The first-order valence-electron chi connectivity index (χ1n) is 6.64. The Bertz CT molecular complexity index is 422. The van der Waals surface area contributed by atoms with Gasteiger partial charge in [0.25, 0.3) is 0 Å². The average Bonchev–Trinajstić information content (AvgIpc) is 2.39. The summed E-state index contributed by atoms with van der Waals surface area (Å²) in [5, 5.41) is 8.90. The summed E-state index contributed by atoms with van der Waals surface area (Å²) in [5.74, 6) is -0.693. The average molecular weight is 244 g/mol. The second-order valence-corrected chi connectivity index (χ2v) is 5.21. The number of aliphatic carboxylic acids is 1. The summed E-state index contributed by atoms with van der Waals surface area (Å²) in [5.41, 5.74) is 1.35. The Hall–Kier alpha value is -1.57. The molecule has 2 nitrogen and oxygen atoms in total. The molecule has 1 aliphatic carbocycles. The van der Waals surface area contributed by atoms with Gasteiger partial charge in [0.1, 0.15) is 0 Å². The fourth-order valence-corrected chi connectivity index (χ4v) is 2.79. The standard InChI is InChI=1S/C16H20O2/c17-15(18)9-12-16(10-5-2-6-11-16)13-14-7-3-1-4-8-14/h1,3-5,7-8,10H,2,6,9,11-13H2,(H,17,18). The van der Waals surface area contributed by atoms with Gasteiger partial charge in [-0.3, -0.25) is 4.79 Å². The van der Waals surface area contributed by atoms with Crippen LogP contribution in [0.2, 0.25) is 0 Å². The van der Waals surface area contributed by atoms with E-state index in [1.165, 1.54) is 12.0 Å². The van der Waals surface area contributed by atoms with Crippen LogP contribution in [0.25, 0.3) is 0 Å². The molecule has 0 spiro atoms. The number of carboxylic acids is 1. The second-order valence-electron chi connectivity index (χ2n) is 5.21. The molecule has 0 heterocycles. The van der Waals surface area contributed by atoms with Gasteiger partial charge in [-0.25, -0.2) is 0 Å². The summed E-state index contributed by atoms with van der Waals surface area (Å²) < 4.78 is 0. The topological polar surface area (TPSA) is 37.3 Å². The van der Waals surface area contributed by atoms with Gasteiger partial charge in [-0.1, -0.05) is 42.5 Å². The SMILES string of the molecule is O=C(O)CCC1(Cc2ccccc2)C=CCCC1. The molecular weight excluding hydrogens is 224 g/mol. The summed E-state index contributed by atoms with van der Waals surface area (Å²) in [4.78, 5) is 10.8. The molecule has 0 saturated carbocycles. The van der Waals surface area contributed by atoms with Crippen LogP contribution in [-0.2, 0) is 11.2 Å². The lowest BCUT2D eigenvalue weighted by molar-refractivity contribution is -0.137. The molecule has 0 fully saturated rings. The van der Waals surface area contributed by atoms with E-state index in [0.29, 0.717) is 0 Å². The number of hydrogen-bond acceptors (Lipinski definition) is 1. The van der Waals surface area contributed by atoms with Crippen molar-refractivity contribution in [2.75, 3.05) is 0 Å². The number of benzene rings is 1. The lowest BCUT2D eigenvalue weighted by Crippen LogP contribution is -2.24. The Balaban J connectivity index is 2.12. The molecule has 0 aromatic heterocycles. The highest BCUT2D eigenvalue weighted by molar-refractivity contribution is 5.66. The maximum Gasteiger partial charge on any atom is 0.303 e. The van der Waals surface area contributed by atoms with Gasteiger partial charge >= 0.3 is 5.97 Å². The van der Waals surface area contributed by atoms with Crippen LogP contribution in [0, 0.1) is 5.41 Å². The predicted octanol–water partition coefficient (Wildman–Crippen LogP) is 3.82. The summed E-state index contributed by atoms with van der Waals surface area (Å²) in [6.45, 7) is 0. The van der Waals surface area contributed by atoms with Crippen molar-refractivity contribution in [2.45, 2.75) is 38.5 Å². The van der Waals surface area contributed by atoms with Crippen LogP contribution >= 0.6 is 0 Å². The quantitative estimate of drug-likeness (QED) is 0.799. The van der Waals surface area contributed by atoms with Crippen molar-refractivity contribution < 1.29 is 9.90 Å². The van der Waals surface area contributed by atoms with Gasteiger partial charge in [-0.15, -0.1) is 0 Å². The molecule has 1 aliphatic rings. The maximum atomic E-state index is 10.8. The Morgan fingerprint density at radius 1 is 1.28 bits per heavy atom. The first kappa shape index (κ1) is 12.9. The van der Waals surface area contributed by atoms with E-state index in [0.717, 1.165) is 25.7 Å². The number of carboxylic acid groups (broad SMARTS) is 1. The van der Waals surface area contributed by atoms with Crippen molar-refractivity contribution in [3.63, 3.8) is 0 Å². The minimum absolute atomic E-state index is 0.0536. The molecule has 1 N–H and O–H groups in total. The van der Waals surface area contributed by atoms with Gasteiger partial charge in [0, 0.05) is 6.42 Å². The van der Waals surface area contributed by atoms with Gasteiger partial charge in [0.2, 0.25) is 0 Å². The van der Waals surface area contributed by atoms with Crippen LogP contribution in [0.1, 0.15) is 37.7 Å². The minimum Gasteiger partial charge on any atom is -0.481 e. The normalized spacial score (nSPS) is 22.9. The molecule has 96 valence electrons. The summed E-state index contributed by atoms with van der Waals surface area (Å²) >= 11 is 0. The molecule has 2 rings (SSSR count). The third kappa shape index (κ3) is 3.46. The highest BCUT2D eigenvalue weighted by Gasteiger charge is 2.29. The van der Waals surface area contributed by atoms with Crippen LogP contribution in [0.3, 0.4) is 0 Å². The second kappa shape index (κ2) is 5.85. The van der Waals surface area contributed by atoms with E-state index in [1.54, 1.807) is 0 Å². The van der Waals surface area contributed by atoms with Crippen LogP contribution in [0.15, 0.2) is 42.5 Å². The van der Waals surface area contributed by atoms with Crippen molar-refractivity contribution in [3.8, 4) is 0 Å². The maximum absolute atomic E-state index is 10.8. The molecule has 1 unspecified atom stereocenters. The van der Waals surface area contributed by atoms with Gasteiger partial charge in [0.15, 0.2) is 0 Å². The number of carbonyl (C=O) groups is 1. The molecule has 2 heteroatoms. The van der Waals surface area contributed by atoms with E-state index < -0.39 is 5.97 Å². The van der Waals surface area contributed by atoms with E-state index in [-0.39, 0.29) is 11.8 Å². The predicted molar refractivity (Wildman–Crippen MR) is 72.4 cm³/mol. The molecule has 0 aliphatic heterocycles. The van der Waals surface area contributed by atoms with E-state index in [9.17, 15) is 4.79 Å². The molecule has 0 amide bonds. The Morgan fingerprint density at radius 2 is 2.06 bits per heavy atom. The van der Waals surface area contributed by atoms with E-state index in [4.69, 9.17) is 5.11 Å².